The Bertz CT molecular complexity index is 7.61. The maximum atomic E-state index is 6.00. The van der Waals surface area contributed by atoms with Crippen molar-refractivity contribution in [2.24, 2.45) is 0 Å². The Balaban J connectivity index is -0.00000000167. The molecule has 2 N–H and O–H groups in total. The molecule has 0 aliphatic heterocycles. The molecule has 5 heteroatoms. The van der Waals surface area contributed by atoms with Crippen LogP contribution in [0.15, 0.2) is 0 Å². The van der Waals surface area contributed by atoms with Crippen LogP contribution in [0.3, 0.4) is 0 Å². The average Bonchev–Trinajstić information content (AvgIpc) is 1.00. The predicted octanol–water partition coefficient (Wildman–Crippen LogP) is -1.17. The molecule has 0 aromatic heterocycles. The first-order valence-electron chi connectivity index (χ1n) is 0.200. The molecule has 0 aliphatic rings. The van der Waals surface area contributed by atoms with Crippen LogP contribution in [0.2, 0.25) is 0 Å². The molecular weight excluding hydrogens is 337 g/mol. The fourth-order valence-electron chi connectivity index (χ4n) is 0. The molecule has 0 radical (unpaired) electrons. The molecule has 0 heterocycles. The van der Waals surface area contributed by atoms with Crippen LogP contribution >= 0.6 is 0 Å². The van der Waals surface area contributed by atoms with E-state index >= 15 is 0 Å². The molecule has 0 bridgehead atoms. The van der Waals surface area contributed by atoms with Gasteiger partial charge in [0.2, 0.25) is 0 Å². The molecule has 0 atom stereocenters. The average molecular weight is 342 g/mol. The van der Waals surface area contributed by atoms with Crippen LogP contribution in [0.4, 0.5) is 0 Å². The Hall–Kier alpha value is 2.23. The summed E-state index contributed by atoms with van der Waals surface area (Å²) in [7, 11) is 0. The van der Waals surface area contributed by atoms with E-state index in [-0.39, 0.29) is 69.6 Å². The summed E-state index contributed by atoms with van der Waals surface area (Å²) >= 11 is 0. The van der Waals surface area contributed by atoms with E-state index in [1.165, 1.54) is 0 Å². The van der Waals surface area contributed by atoms with Crippen LogP contribution in [0.5, 0.6) is 0 Å². The van der Waals surface area contributed by atoms with E-state index in [1.807, 2.05) is 0 Å². The number of hydrogen-bond acceptors (Lipinski definition) is 2. The van der Waals surface area contributed by atoms with E-state index < -0.39 is 0 Å². The van der Waals surface area contributed by atoms with Gasteiger partial charge >= 0.3 is 26.2 Å². The largest absolute Gasteiger partial charge is 0 e. The molecule has 2 nitrogen and oxygen atoms in total. The SMILES string of the molecule is OO.[BiH3].[Ti].[Ti]. The van der Waals surface area contributed by atoms with Gasteiger partial charge in [-0.05, 0) is 0 Å². The molecule has 0 rings (SSSR count). The standard InChI is InChI=1S/Bi.H2O2.2Ti.3H/c;1-2;;;;;/h;1-2H;;;;;. The van der Waals surface area contributed by atoms with Gasteiger partial charge in [-0.2, -0.15) is 0 Å². The summed E-state index contributed by atoms with van der Waals surface area (Å²) in [5.74, 6) is 0. The first-order chi connectivity index (χ1) is 1.00. The van der Waals surface area contributed by atoms with Crippen molar-refractivity contribution < 1.29 is 53.9 Å². The van der Waals surface area contributed by atoms with Crippen molar-refractivity contribution in [2.75, 3.05) is 0 Å². The van der Waals surface area contributed by atoms with E-state index in [1.54, 1.807) is 0 Å². The third-order valence-corrected chi connectivity index (χ3v) is 0. The molecule has 0 aromatic carbocycles. The van der Waals surface area contributed by atoms with Gasteiger partial charge in [0, 0.05) is 43.4 Å². The molecule has 0 saturated heterocycles. The fraction of sp³-hybridized carbons (Fsp3) is 0. The second-order valence-corrected chi connectivity index (χ2v) is 0. The maximum absolute atomic E-state index is 6.00. The normalized spacial score (nSPS) is 1.20. The summed E-state index contributed by atoms with van der Waals surface area (Å²) in [6.07, 6.45) is 0. The minimum absolute atomic E-state index is 0. The monoisotopic (exact) mass is 342 g/mol. The van der Waals surface area contributed by atoms with E-state index in [2.05, 4.69) is 0 Å². The predicted molar refractivity (Wildman–Crippen MR) is 15.2 cm³/mol. The quantitative estimate of drug-likeness (QED) is 0.331. The molecule has 30 valence electrons. The zero-order chi connectivity index (χ0) is 2.00. The van der Waals surface area contributed by atoms with Crippen molar-refractivity contribution in [1.82, 2.24) is 0 Å². The van der Waals surface area contributed by atoms with Crippen molar-refractivity contribution in [3.05, 3.63) is 0 Å². The maximum Gasteiger partial charge on any atom is 0 e. The molecule has 5 heavy (non-hydrogen) atoms. The summed E-state index contributed by atoms with van der Waals surface area (Å²) < 4.78 is 0. The van der Waals surface area contributed by atoms with E-state index in [4.69, 9.17) is 10.5 Å². The van der Waals surface area contributed by atoms with Crippen molar-refractivity contribution in [3.8, 4) is 0 Å². The second-order valence-electron chi connectivity index (χ2n) is 0. The first kappa shape index (κ1) is 26.9. The number of hydrogen-bond donors (Lipinski definition) is 2. The van der Waals surface area contributed by atoms with Crippen molar-refractivity contribution in [2.45, 2.75) is 0 Å². The summed E-state index contributed by atoms with van der Waals surface area (Å²) in [5, 5.41) is 12.0. The molecule has 0 saturated carbocycles. The van der Waals surface area contributed by atoms with Gasteiger partial charge in [-0.3, -0.25) is 10.5 Å². The van der Waals surface area contributed by atoms with Gasteiger partial charge in [-0.15, -0.1) is 0 Å². The molecular formula is H5BiO2Ti2. The van der Waals surface area contributed by atoms with Crippen molar-refractivity contribution >= 4 is 26.2 Å². The van der Waals surface area contributed by atoms with Gasteiger partial charge in [0.1, 0.15) is 0 Å². The molecule has 0 unspecified atom stereocenters. The molecule has 0 amide bonds. The number of rotatable bonds is 0. The summed E-state index contributed by atoms with van der Waals surface area (Å²) in [6.45, 7) is 0. The van der Waals surface area contributed by atoms with Crippen LogP contribution in [0, 0.1) is 0 Å². The third-order valence-electron chi connectivity index (χ3n) is 0. The first-order valence-corrected chi connectivity index (χ1v) is 0.200. The Morgan fingerprint density at radius 1 is 0.800 bits per heavy atom. The van der Waals surface area contributed by atoms with E-state index in [9.17, 15) is 0 Å². The molecule has 0 aliphatic carbocycles. The summed E-state index contributed by atoms with van der Waals surface area (Å²) in [5.41, 5.74) is 0. The smallest absolute Gasteiger partial charge is 0 e. The van der Waals surface area contributed by atoms with Crippen LogP contribution in [-0.4, -0.2) is 36.7 Å². The second kappa shape index (κ2) is 34.2. The van der Waals surface area contributed by atoms with Crippen LogP contribution in [-0.2, 0) is 43.4 Å². The van der Waals surface area contributed by atoms with E-state index in [0.717, 1.165) is 0 Å². The summed E-state index contributed by atoms with van der Waals surface area (Å²) in [6, 6.07) is 0. The zero-order valence-corrected chi connectivity index (χ0v) is 11.2. The van der Waals surface area contributed by atoms with E-state index in [0.29, 0.717) is 0 Å². The van der Waals surface area contributed by atoms with Gasteiger partial charge in [0.25, 0.3) is 0 Å². The fourth-order valence-corrected chi connectivity index (χ4v) is 0. The Labute approximate surface area is 79.2 Å². The van der Waals surface area contributed by atoms with Crippen LogP contribution in [0.25, 0.3) is 0 Å². The third kappa shape index (κ3) is 22.4. The van der Waals surface area contributed by atoms with Gasteiger partial charge in [0.15, 0.2) is 0 Å². The van der Waals surface area contributed by atoms with Gasteiger partial charge in [0.05, 0.1) is 0 Å². The molecule has 0 aromatic rings. The molecule has 0 spiro atoms. The Morgan fingerprint density at radius 2 is 0.800 bits per heavy atom. The minimum atomic E-state index is 0. The van der Waals surface area contributed by atoms with Gasteiger partial charge in [-0.1, -0.05) is 0 Å². The van der Waals surface area contributed by atoms with Gasteiger partial charge in [-0.25, -0.2) is 0 Å². The molecule has 0 fully saturated rings. The van der Waals surface area contributed by atoms with Crippen molar-refractivity contribution in [3.63, 3.8) is 0 Å². The minimum Gasteiger partial charge on any atom is 0 e. The topological polar surface area (TPSA) is 40.5 Å². The van der Waals surface area contributed by atoms with Crippen LogP contribution in [0.1, 0.15) is 0 Å². The summed E-state index contributed by atoms with van der Waals surface area (Å²) in [4.78, 5) is 0. The van der Waals surface area contributed by atoms with Crippen LogP contribution < -0.4 is 0 Å². The Kier molecular flexibility index (Phi) is 184. The van der Waals surface area contributed by atoms with Gasteiger partial charge < -0.3 is 0 Å². The van der Waals surface area contributed by atoms with Crippen molar-refractivity contribution in [1.29, 1.82) is 0 Å². The zero-order valence-electron chi connectivity index (χ0n) is 2.60. The Morgan fingerprint density at radius 3 is 0.800 bits per heavy atom.